The first-order valence-corrected chi connectivity index (χ1v) is 6.17. The molecule has 2 aromatic carbocycles. The van der Waals surface area contributed by atoms with Crippen LogP contribution in [0.15, 0.2) is 36.4 Å². The molecule has 1 saturated heterocycles. The maximum Gasteiger partial charge on any atom is 0.868 e. The second-order valence-corrected chi connectivity index (χ2v) is 4.44. The van der Waals surface area contributed by atoms with Crippen molar-refractivity contribution < 1.29 is 28.3 Å². The number of carbonyl (C=O) groups is 3. The molecule has 1 aliphatic rings. The largest absolute Gasteiger partial charge is 0.868 e. The van der Waals surface area contributed by atoms with Gasteiger partial charge in [-0.05, 0) is 18.4 Å². The van der Waals surface area contributed by atoms with Crippen LogP contribution in [0.25, 0.3) is 10.8 Å². The van der Waals surface area contributed by atoms with Gasteiger partial charge in [0, 0.05) is 5.39 Å². The van der Waals surface area contributed by atoms with Gasteiger partial charge in [0.25, 0.3) is 0 Å². The highest BCUT2D eigenvalue weighted by molar-refractivity contribution is 6.56. The smallest absolute Gasteiger partial charge is 0.488 e. The molecule has 0 amide bonds. The average Bonchev–Trinajstić information content (AvgIpc) is 2.77. The molecule has 0 bridgehead atoms. The van der Waals surface area contributed by atoms with Crippen molar-refractivity contribution in [2.45, 2.75) is 6.92 Å². The van der Waals surface area contributed by atoms with E-state index in [0.29, 0.717) is 10.9 Å². The molecule has 6 nitrogen and oxygen atoms in total. The van der Waals surface area contributed by atoms with Crippen molar-refractivity contribution in [2.24, 2.45) is 0 Å². The van der Waals surface area contributed by atoms with Crippen LogP contribution in [-0.2, 0) is 18.9 Å². The van der Waals surface area contributed by atoms with Crippen LogP contribution < -0.4 is 4.65 Å². The molecule has 0 aromatic heterocycles. The quantitative estimate of drug-likeness (QED) is 0.483. The zero-order valence-electron chi connectivity index (χ0n) is 11.0. The van der Waals surface area contributed by atoms with Crippen molar-refractivity contribution in [3.05, 3.63) is 42.0 Å². The summed E-state index contributed by atoms with van der Waals surface area (Å²) in [6.07, 6.45) is 0. The van der Waals surface area contributed by atoms with E-state index in [9.17, 15) is 14.4 Å². The van der Waals surface area contributed by atoms with Crippen molar-refractivity contribution in [1.29, 1.82) is 0 Å². The van der Waals surface area contributed by atoms with Crippen molar-refractivity contribution in [1.82, 2.24) is 0 Å². The van der Waals surface area contributed by atoms with Gasteiger partial charge in [0.1, 0.15) is 5.75 Å². The number of rotatable bonds is 3. The van der Waals surface area contributed by atoms with Gasteiger partial charge in [-0.2, -0.15) is 0 Å². The van der Waals surface area contributed by atoms with E-state index in [1.807, 2.05) is 12.1 Å². The molecule has 0 spiro atoms. The molecule has 0 aliphatic carbocycles. The zero-order chi connectivity index (χ0) is 15.0. The lowest BCUT2D eigenvalue weighted by Crippen LogP contribution is -2.25. The molecule has 1 aliphatic heterocycles. The third-order valence-electron chi connectivity index (χ3n) is 3.05. The standard InChI is InChI=1S/C14H9BO6/c1-8(16)10-7-6-9-4-2-3-5-11(9)12(10)19-15-20-13(17)14(18)21-15/h2-7H,1H3. The second-order valence-electron chi connectivity index (χ2n) is 4.44. The van der Waals surface area contributed by atoms with Gasteiger partial charge in [0.05, 0.1) is 5.56 Å². The number of ketones is 1. The Labute approximate surface area is 119 Å². The Morgan fingerprint density at radius 1 is 1.05 bits per heavy atom. The molecule has 104 valence electrons. The van der Waals surface area contributed by atoms with E-state index in [-0.39, 0.29) is 11.5 Å². The fourth-order valence-electron chi connectivity index (χ4n) is 2.09. The summed E-state index contributed by atoms with van der Waals surface area (Å²) < 4.78 is 14.6. The van der Waals surface area contributed by atoms with Gasteiger partial charge in [0.2, 0.25) is 0 Å². The van der Waals surface area contributed by atoms with E-state index in [0.717, 1.165) is 5.39 Å². The molecule has 0 saturated carbocycles. The molecule has 1 heterocycles. The maximum absolute atomic E-state index is 11.7. The van der Waals surface area contributed by atoms with Gasteiger partial charge in [0.15, 0.2) is 5.78 Å². The molecule has 0 N–H and O–H groups in total. The third-order valence-corrected chi connectivity index (χ3v) is 3.05. The lowest BCUT2D eigenvalue weighted by molar-refractivity contribution is -0.150. The molecule has 1 fully saturated rings. The first kappa shape index (κ1) is 13.2. The highest BCUT2D eigenvalue weighted by atomic mass is 16.8. The topological polar surface area (TPSA) is 78.9 Å². The summed E-state index contributed by atoms with van der Waals surface area (Å²) in [4.78, 5) is 33.7. The Kier molecular flexibility index (Phi) is 3.10. The highest BCUT2D eigenvalue weighted by Gasteiger charge is 2.46. The Morgan fingerprint density at radius 2 is 1.71 bits per heavy atom. The summed E-state index contributed by atoms with van der Waals surface area (Å²) in [5.74, 6) is -2.24. The van der Waals surface area contributed by atoms with Crippen LogP contribution in [0.5, 0.6) is 5.75 Å². The fourth-order valence-corrected chi connectivity index (χ4v) is 2.09. The van der Waals surface area contributed by atoms with Crippen LogP contribution in [0, 0.1) is 0 Å². The fraction of sp³-hybridized carbons (Fsp3) is 0.0714. The van der Waals surface area contributed by atoms with E-state index in [1.165, 1.54) is 6.92 Å². The minimum atomic E-state index is -1.48. The minimum Gasteiger partial charge on any atom is -0.488 e. The molecule has 21 heavy (non-hydrogen) atoms. The summed E-state index contributed by atoms with van der Waals surface area (Å²) in [7, 11) is -1.48. The summed E-state index contributed by atoms with van der Waals surface area (Å²) in [5, 5.41) is 1.50. The number of benzene rings is 2. The van der Waals surface area contributed by atoms with Crippen molar-refractivity contribution in [3.8, 4) is 5.75 Å². The first-order chi connectivity index (χ1) is 10.1. The lowest BCUT2D eigenvalue weighted by atomic mass is 10.0. The van der Waals surface area contributed by atoms with Crippen molar-refractivity contribution in [2.75, 3.05) is 0 Å². The number of hydrogen-bond donors (Lipinski definition) is 0. The molecule has 3 rings (SSSR count). The molecule has 0 unspecified atom stereocenters. The predicted molar refractivity (Wildman–Crippen MR) is 72.5 cm³/mol. The first-order valence-electron chi connectivity index (χ1n) is 6.17. The summed E-state index contributed by atoms with van der Waals surface area (Å²) in [6, 6.07) is 10.6. The Balaban J connectivity index is 2.06. The summed E-state index contributed by atoms with van der Waals surface area (Å²) >= 11 is 0. The molecule has 2 aromatic rings. The monoisotopic (exact) mass is 284 g/mol. The van der Waals surface area contributed by atoms with Crippen molar-refractivity contribution in [3.63, 3.8) is 0 Å². The molecule has 0 atom stereocenters. The van der Waals surface area contributed by atoms with Gasteiger partial charge < -0.3 is 14.0 Å². The van der Waals surface area contributed by atoms with Gasteiger partial charge in [-0.1, -0.05) is 30.3 Å². The highest BCUT2D eigenvalue weighted by Crippen LogP contribution is 2.31. The molecular weight excluding hydrogens is 275 g/mol. The summed E-state index contributed by atoms with van der Waals surface area (Å²) in [5.41, 5.74) is 0.313. The van der Waals surface area contributed by atoms with Gasteiger partial charge >= 0.3 is 19.3 Å². The van der Waals surface area contributed by atoms with Gasteiger partial charge in [-0.15, -0.1) is 0 Å². The number of hydrogen-bond acceptors (Lipinski definition) is 6. The molecule has 7 heteroatoms. The van der Waals surface area contributed by atoms with Crippen LogP contribution in [0.1, 0.15) is 17.3 Å². The normalized spacial score (nSPS) is 14.0. The molecule has 0 radical (unpaired) electrons. The zero-order valence-corrected chi connectivity index (χ0v) is 11.0. The summed E-state index contributed by atoms with van der Waals surface area (Å²) in [6.45, 7) is 1.39. The molecular formula is C14H9BO6. The van der Waals surface area contributed by atoms with Crippen LogP contribution in [0.3, 0.4) is 0 Å². The van der Waals surface area contributed by atoms with E-state index < -0.39 is 19.3 Å². The number of carbonyl (C=O) groups excluding carboxylic acids is 3. The minimum absolute atomic E-state index is 0.216. The van der Waals surface area contributed by atoms with Gasteiger partial charge in [-0.3, -0.25) is 4.79 Å². The number of fused-ring (bicyclic) bond motifs is 1. The van der Waals surface area contributed by atoms with Crippen LogP contribution in [0.4, 0.5) is 0 Å². The average molecular weight is 284 g/mol. The van der Waals surface area contributed by atoms with Gasteiger partial charge in [-0.25, -0.2) is 9.59 Å². The Bertz CT molecular complexity index is 753. The maximum atomic E-state index is 11.7. The van der Waals surface area contributed by atoms with Crippen molar-refractivity contribution >= 4 is 35.8 Å². The number of Topliss-reactive ketones (excluding diaryl/α,β-unsaturated/α-hetero) is 1. The van der Waals surface area contributed by atoms with E-state index in [2.05, 4.69) is 9.31 Å². The van der Waals surface area contributed by atoms with Crippen LogP contribution >= 0.6 is 0 Å². The Hall–Kier alpha value is -2.83. The van der Waals surface area contributed by atoms with E-state index in [1.54, 1.807) is 24.3 Å². The second kappa shape index (κ2) is 4.94. The lowest BCUT2D eigenvalue weighted by Gasteiger charge is -2.13. The van der Waals surface area contributed by atoms with E-state index in [4.69, 9.17) is 4.65 Å². The third kappa shape index (κ3) is 2.33. The van der Waals surface area contributed by atoms with E-state index >= 15 is 0 Å². The predicted octanol–water partition coefficient (Wildman–Crippen LogP) is 1.51. The Morgan fingerprint density at radius 3 is 2.38 bits per heavy atom. The van der Waals surface area contributed by atoms with Crippen LogP contribution in [-0.4, -0.2) is 25.0 Å². The van der Waals surface area contributed by atoms with Crippen LogP contribution in [0.2, 0.25) is 0 Å². The SMILES string of the molecule is CC(=O)c1ccc2ccccc2c1OB1OC(=O)C(=O)O1.